The maximum atomic E-state index is 8.86. The van der Waals surface area contributed by atoms with E-state index in [-0.39, 0.29) is 5.92 Å². The lowest BCUT2D eigenvalue weighted by Gasteiger charge is -1.94. The van der Waals surface area contributed by atoms with Crippen LogP contribution in [0.4, 0.5) is 0 Å². The van der Waals surface area contributed by atoms with Crippen LogP contribution in [0.25, 0.3) is 10.9 Å². The maximum absolute atomic E-state index is 8.86. The molecule has 1 saturated carbocycles. The normalized spacial score (nSPS) is 24.0. The van der Waals surface area contributed by atoms with Gasteiger partial charge in [-0.15, -0.1) is 0 Å². The number of hydrogen-bond donors (Lipinski definition) is 0. The highest BCUT2D eigenvalue weighted by molar-refractivity contribution is 5.85. The summed E-state index contributed by atoms with van der Waals surface area (Å²) in [5.74, 6) is 0.719. The summed E-state index contributed by atoms with van der Waals surface area (Å²) in [7, 11) is 2.07. The van der Waals surface area contributed by atoms with Gasteiger partial charge in [-0.3, -0.25) is 0 Å². The molecular formula is C13H12N2. The highest BCUT2D eigenvalue weighted by Crippen LogP contribution is 2.49. The zero-order valence-electron chi connectivity index (χ0n) is 8.64. The topological polar surface area (TPSA) is 28.7 Å². The summed E-state index contributed by atoms with van der Waals surface area (Å²) in [5, 5.41) is 10.2. The first kappa shape index (κ1) is 8.55. The number of rotatable bonds is 1. The molecule has 0 amide bonds. The number of benzene rings is 1. The molecule has 2 unspecified atom stereocenters. The van der Waals surface area contributed by atoms with Crippen LogP contribution in [-0.4, -0.2) is 4.57 Å². The second kappa shape index (κ2) is 2.87. The molecule has 2 nitrogen and oxygen atoms in total. The van der Waals surface area contributed by atoms with Gasteiger partial charge in [-0.05, 0) is 18.1 Å². The zero-order chi connectivity index (χ0) is 10.4. The van der Waals surface area contributed by atoms with Crippen molar-refractivity contribution in [3.63, 3.8) is 0 Å². The van der Waals surface area contributed by atoms with E-state index >= 15 is 0 Å². The Morgan fingerprint density at radius 2 is 2.20 bits per heavy atom. The second-order valence-electron chi connectivity index (χ2n) is 4.29. The number of aryl methyl sites for hydroxylation is 1. The van der Waals surface area contributed by atoms with Gasteiger partial charge >= 0.3 is 0 Å². The molecule has 2 aromatic rings. The molecule has 1 heterocycles. The van der Waals surface area contributed by atoms with Gasteiger partial charge < -0.3 is 4.57 Å². The lowest BCUT2D eigenvalue weighted by molar-refractivity contribution is 0.943. The van der Waals surface area contributed by atoms with Gasteiger partial charge in [-0.25, -0.2) is 0 Å². The largest absolute Gasteiger partial charge is 0.350 e. The van der Waals surface area contributed by atoms with Crippen LogP contribution in [-0.2, 0) is 7.05 Å². The van der Waals surface area contributed by atoms with Crippen LogP contribution in [0, 0.1) is 17.2 Å². The summed E-state index contributed by atoms with van der Waals surface area (Å²) in [6, 6.07) is 10.8. The number of nitriles is 1. The predicted octanol–water partition coefficient (Wildman–Crippen LogP) is 2.81. The molecule has 0 radical (unpaired) electrons. The number of hydrogen-bond acceptors (Lipinski definition) is 1. The molecule has 1 aromatic heterocycles. The third kappa shape index (κ3) is 1.16. The highest BCUT2D eigenvalue weighted by atomic mass is 14.9. The quantitative estimate of drug-likeness (QED) is 0.689. The number of aromatic nitrogens is 1. The van der Waals surface area contributed by atoms with Crippen molar-refractivity contribution in [1.82, 2.24) is 4.57 Å². The molecule has 1 fully saturated rings. The fraction of sp³-hybridized carbons (Fsp3) is 0.308. The van der Waals surface area contributed by atoms with Crippen molar-refractivity contribution < 1.29 is 0 Å². The Labute approximate surface area is 88.7 Å². The van der Waals surface area contributed by atoms with Gasteiger partial charge in [-0.1, -0.05) is 18.2 Å². The van der Waals surface area contributed by atoms with Gasteiger partial charge in [0.2, 0.25) is 0 Å². The van der Waals surface area contributed by atoms with Gasteiger partial charge in [0.15, 0.2) is 0 Å². The molecule has 2 heteroatoms. The summed E-state index contributed by atoms with van der Waals surface area (Å²) in [5.41, 5.74) is 2.61. The van der Waals surface area contributed by atoms with Crippen LogP contribution >= 0.6 is 0 Å². The van der Waals surface area contributed by atoms with Crippen LogP contribution in [0.2, 0.25) is 0 Å². The molecule has 1 aliphatic rings. The molecule has 0 aliphatic heterocycles. The van der Waals surface area contributed by atoms with E-state index in [1.54, 1.807) is 0 Å². The van der Waals surface area contributed by atoms with Gasteiger partial charge in [0.1, 0.15) is 0 Å². The van der Waals surface area contributed by atoms with Crippen LogP contribution < -0.4 is 0 Å². The molecule has 0 saturated heterocycles. The molecule has 2 atom stereocenters. The summed E-state index contributed by atoms with van der Waals surface area (Å²) in [6.07, 6.45) is 3.21. The van der Waals surface area contributed by atoms with Crippen molar-refractivity contribution in [2.75, 3.05) is 0 Å². The maximum Gasteiger partial charge on any atom is 0.0662 e. The lowest BCUT2D eigenvalue weighted by atomic mass is 10.1. The van der Waals surface area contributed by atoms with E-state index in [0.717, 1.165) is 6.42 Å². The zero-order valence-corrected chi connectivity index (χ0v) is 8.64. The van der Waals surface area contributed by atoms with Gasteiger partial charge in [0, 0.05) is 30.1 Å². The Hall–Kier alpha value is -1.75. The standard InChI is InChI=1S/C13H12N2/c1-15-8-12(11-6-9(11)7-14)10-4-2-3-5-13(10)15/h2-5,8-9,11H,6H2,1H3. The van der Waals surface area contributed by atoms with E-state index in [1.807, 2.05) is 0 Å². The van der Waals surface area contributed by atoms with Gasteiger partial charge in [-0.2, -0.15) is 5.26 Å². The van der Waals surface area contributed by atoms with E-state index in [4.69, 9.17) is 5.26 Å². The van der Waals surface area contributed by atoms with Crippen molar-refractivity contribution in [2.24, 2.45) is 13.0 Å². The van der Waals surface area contributed by atoms with Gasteiger partial charge in [0.05, 0.1) is 12.0 Å². The van der Waals surface area contributed by atoms with E-state index in [2.05, 4.69) is 48.1 Å². The number of nitrogens with zero attached hydrogens (tertiary/aromatic N) is 2. The van der Waals surface area contributed by atoms with Gasteiger partial charge in [0.25, 0.3) is 0 Å². The van der Waals surface area contributed by atoms with Crippen molar-refractivity contribution >= 4 is 10.9 Å². The first-order chi connectivity index (χ1) is 7.31. The third-order valence-corrected chi connectivity index (χ3v) is 3.28. The average molecular weight is 196 g/mol. The molecule has 15 heavy (non-hydrogen) atoms. The number of para-hydroxylation sites is 1. The monoisotopic (exact) mass is 196 g/mol. The van der Waals surface area contributed by atoms with E-state index in [9.17, 15) is 0 Å². The molecule has 0 spiro atoms. The molecule has 1 aliphatic carbocycles. The molecule has 74 valence electrons. The summed E-state index contributed by atoms with van der Waals surface area (Å²) in [6.45, 7) is 0. The lowest BCUT2D eigenvalue weighted by Crippen LogP contribution is -1.82. The Bertz CT molecular complexity index is 559. The Morgan fingerprint density at radius 1 is 1.40 bits per heavy atom. The fourth-order valence-corrected chi connectivity index (χ4v) is 2.35. The Morgan fingerprint density at radius 3 is 2.93 bits per heavy atom. The first-order valence-electron chi connectivity index (χ1n) is 5.25. The Balaban J connectivity index is 2.17. The SMILES string of the molecule is Cn1cc(C2CC2C#N)c2ccccc21. The van der Waals surface area contributed by atoms with Crippen LogP contribution in [0.1, 0.15) is 17.9 Å². The molecule has 1 aromatic carbocycles. The minimum Gasteiger partial charge on any atom is -0.350 e. The van der Waals surface area contributed by atoms with E-state index in [0.29, 0.717) is 5.92 Å². The molecule has 0 bridgehead atoms. The Kier molecular flexibility index (Phi) is 1.63. The van der Waals surface area contributed by atoms with Crippen LogP contribution in [0.3, 0.4) is 0 Å². The fourth-order valence-electron chi connectivity index (χ4n) is 2.35. The minimum atomic E-state index is 0.246. The van der Waals surface area contributed by atoms with Crippen LogP contribution in [0.5, 0.6) is 0 Å². The van der Waals surface area contributed by atoms with Crippen molar-refractivity contribution in [2.45, 2.75) is 12.3 Å². The van der Waals surface area contributed by atoms with Crippen molar-refractivity contribution in [3.8, 4) is 6.07 Å². The number of fused-ring (bicyclic) bond motifs is 1. The minimum absolute atomic E-state index is 0.246. The van der Waals surface area contributed by atoms with Crippen molar-refractivity contribution in [1.29, 1.82) is 5.26 Å². The average Bonchev–Trinajstić information content (AvgIpc) is 2.98. The molecule has 0 N–H and O–H groups in total. The summed E-state index contributed by atoms with van der Waals surface area (Å²) in [4.78, 5) is 0. The third-order valence-electron chi connectivity index (χ3n) is 3.28. The van der Waals surface area contributed by atoms with E-state index in [1.165, 1.54) is 16.5 Å². The second-order valence-corrected chi connectivity index (χ2v) is 4.29. The van der Waals surface area contributed by atoms with Crippen molar-refractivity contribution in [3.05, 3.63) is 36.0 Å². The van der Waals surface area contributed by atoms with E-state index < -0.39 is 0 Å². The first-order valence-corrected chi connectivity index (χ1v) is 5.25. The molecule has 3 rings (SSSR count). The van der Waals surface area contributed by atoms with Crippen LogP contribution in [0.15, 0.2) is 30.5 Å². The summed E-state index contributed by atoms with van der Waals surface area (Å²) >= 11 is 0. The highest BCUT2D eigenvalue weighted by Gasteiger charge is 2.40. The molecular weight excluding hydrogens is 184 g/mol. The summed E-state index contributed by atoms with van der Waals surface area (Å²) < 4.78 is 2.15. The smallest absolute Gasteiger partial charge is 0.0662 e. The predicted molar refractivity (Wildman–Crippen MR) is 59.4 cm³/mol.